The highest BCUT2D eigenvalue weighted by Gasteiger charge is 2.20. The number of hydrogen-bond donors (Lipinski definition) is 1. The first kappa shape index (κ1) is 19.5. The van der Waals surface area contributed by atoms with Gasteiger partial charge in [-0.05, 0) is 54.8 Å². The summed E-state index contributed by atoms with van der Waals surface area (Å²) in [4.78, 5) is 16.8. The van der Waals surface area contributed by atoms with Crippen molar-refractivity contribution in [1.82, 2.24) is 5.32 Å². The summed E-state index contributed by atoms with van der Waals surface area (Å²) in [6.07, 6.45) is 3.14. The third-order valence-electron chi connectivity index (χ3n) is 4.59. The van der Waals surface area contributed by atoms with Crippen LogP contribution >= 0.6 is 0 Å². The summed E-state index contributed by atoms with van der Waals surface area (Å²) in [5.74, 6) is 2.66. The van der Waals surface area contributed by atoms with Gasteiger partial charge in [0, 0.05) is 12.0 Å². The van der Waals surface area contributed by atoms with Crippen molar-refractivity contribution in [3.8, 4) is 17.2 Å². The lowest BCUT2D eigenvalue weighted by Crippen LogP contribution is -2.24. The molecule has 3 rings (SSSR count). The molecule has 1 aliphatic heterocycles. The van der Waals surface area contributed by atoms with Crippen LogP contribution in [0, 0.1) is 6.92 Å². The normalized spacial score (nSPS) is 14.6. The summed E-state index contributed by atoms with van der Waals surface area (Å²) in [6.45, 7) is 1.94. The van der Waals surface area contributed by atoms with Crippen molar-refractivity contribution in [2.45, 2.75) is 19.8 Å². The SMILES string of the molecule is COc1ccc(CCC2=N/C(=C/c3cc(OC)c(C)cc3OC)C(=O)N2)cc1. The lowest BCUT2D eigenvalue weighted by atomic mass is 10.1. The minimum absolute atomic E-state index is 0.216. The van der Waals surface area contributed by atoms with Gasteiger partial charge in [0.1, 0.15) is 28.8 Å². The third-order valence-corrected chi connectivity index (χ3v) is 4.59. The Morgan fingerprint density at radius 3 is 2.32 bits per heavy atom. The molecular weight excluding hydrogens is 356 g/mol. The van der Waals surface area contributed by atoms with Crippen LogP contribution in [0.4, 0.5) is 0 Å². The number of aryl methyl sites for hydroxylation is 2. The van der Waals surface area contributed by atoms with Crippen LogP contribution in [0.25, 0.3) is 6.08 Å². The Balaban J connectivity index is 1.77. The summed E-state index contributed by atoms with van der Waals surface area (Å²) in [5, 5.41) is 2.84. The topological polar surface area (TPSA) is 69.1 Å². The van der Waals surface area contributed by atoms with Gasteiger partial charge < -0.3 is 19.5 Å². The molecule has 0 saturated heterocycles. The third kappa shape index (κ3) is 4.34. The quantitative estimate of drug-likeness (QED) is 0.746. The molecule has 28 heavy (non-hydrogen) atoms. The van der Waals surface area contributed by atoms with Gasteiger partial charge in [-0.25, -0.2) is 4.99 Å². The smallest absolute Gasteiger partial charge is 0.275 e. The molecule has 1 amide bonds. The molecule has 0 fully saturated rings. The molecule has 6 nitrogen and oxygen atoms in total. The van der Waals surface area contributed by atoms with Crippen molar-refractivity contribution in [2.75, 3.05) is 21.3 Å². The molecule has 1 N–H and O–H groups in total. The minimum atomic E-state index is -0.216. The molecule has 2 aromatic rings. The number of carbonyl (C=O) groups excluding carboxylic acids is 1. The van der Waals surface area contributed by atoms with Crippen LogP contribution in [0.15, 0.2) is 47.1 Å². The number of nitrogens with zero attached hydrogens (tertiary/aromatic N) is 1. The first-order valence-corrected chi connectivity index (χ1v) is 9.00. The number of methoxy groups -OCH3 is 3. The fourth-order valence-corrected chi connectivity index (χ4v) is 3.02. The molecule has 2 aromatic carbocycles. The number of rotatable bonds is 7. The maximum Gasteiger partial charge on any atom is 0.275 e. The Kier molecular flexibility index (Phi) is 5.99. The fraction of sp³-hybridized carbons (Fsp3) is 0.273. The molecule has 146 valence electrons. The van der Waals surface area contributed by atoms with Crippen LogP contribution in [0.3, 0.4) is 0 Å². The molecule has 6 heteroatoms. The molecule has 1 heterocycles. The van der Waals surface area contributed by atoms with Crippen LogP contribution in [-0.4, -0.2) is 33.1 Å². The van der Waals surface area contributed by atoms with Crippen LogP contribution < -0.4 is 19.5 Å². The Morgan fingerprint density at radius 2 is 1.68 bits per heavy atom. The molecule has 0 aliphatic carbocycles. The van der Waals surface area contributed by atoms with E-state index in [1.165, 1.54) is 0 Å². The van der Waals surface area contributed by atoms with E-state index in [2.05, 4.69) is 10.3 Å². The van der Waals surface area contributed by atoms with Crippen molar-refractivity contribution in [2.24, 2.45) is 4.99 Å². The highest BCUT2D eigenvalue weighted by molar-refractivity contribution is 6.14. The van der Waals surface area contributed by atoms with E-state index in [0.717, 1.165) is 34.6 Å². The summed E-state index contributed by atoms with van der Waals surface area (Å²) < 4.78 is 16.0. The second-order valence-corrected chi connectivity index (χ2v) is 6.45. The lowest BCUT2D eigenvalue weighted by Gasteiger charge is -2.10. The van der Waals surface area contributed by atoms with Crippen molar-refractivity contribution in [3.05, 3.63) is 58.8 Å². The Morgan fingerprint density at radius 1 is 0.964 bits per heavy atom. The molecule has 0 atom stereocenters. The molecule has 0 bridgehead atoms. The van der Waals surface area contributed by atoms with Gasteiger partial charge in [0.25, 0.3) is 5.91 Å². The van der Waals surface area contributed by atoms with Gasteiger partial charge in [-0.2, -0.15) is 0 Å². The van der Waals surface area contributed by atoms with E-state index in [9.17, 15) is 4.79 Å². The van der Waals surface area contributed by atoms with Gasteiger partial charge in [0.15, 0.2) is 0 Å². The van der Waals surface area contributed by atoms with Crippen molar-refractivity contribution in [1.29, 1.82) is 0 Å². The van der Waals surface area contributed by atoms with E-state index < -0.39 is 0 Å². The number of amidine groups is 1. The van der Waals surface area contributed by atoms with E-state index in [1.54, 1.807) is 27.4 Å². The van der Waals surface area contributed by atoms with Crippen molar-refractivity contribution in [3.63, 3.8) is 0 Å². The zero-order valence-corrected chi connectivity index (χ0v) is 16.5. The first-order valence-electron chi connectivity index (χ1n) is 9.00. The standard InChI is InChI=1S/C22H24N2O4/c1-14-11-20(28-4)16(13-19(14)27-3)12-18-22(25)24-21(23-18)10-7-15-5-8-17(26-2)9-6-15/h5-6,8-9,11-13H,7,10H2,1-4H3,(H,23,24,25)/b18-12+. The van der Waals surface area contributed by atoms with Gasteiger partial charge in [-0.15, -0.1) is 0 Å². The van der Waals surface area contributed by atoms with E-state index in [0.29, 0.717) is 23.7 Å². The number of nitrogens with one attached hydrogen (secondary N) is 1. The summed E-state index contributed by atoms with van der Waals surface area (Å²) in [7, 11) is 4.86. The predicted molar refractivity (Wildman–Crippen MR) is 109 cm³/mol. The first-order chi connectivity index (χ1) is 13.5. The molecule has 0 radical (unpaired) electrons. The number of benzene rings is 2. The second-order valence-electron chi connectivity index (χ2n) is 6.45. The Hall–Kier alpha value is -3.28. The molecule has 0 saturated carbocycles. The maximum atomic E-state index is 12.3. The molecule has 0 spiro atoms. The largest absolute Gasteiger partial charge is 0.497 e. The summed E-state index contributed by atoms with van der Waals surface area (Å²) >= 11 is 0. The van der Waals surface area contributed by atoms with Crippen LogP contribution in [0.2, 0.25) is 0 Å². The monoisotopic (exact) mass is 380 g/mol. The van der Waals surface area contributed by atoms with Crippen molar-refractivity contribution < 1.29 is 19.0 Å². The van der Waals surface area contributed by atoms with Crippen LogP contribution in [-0.2, 0) is 11.2 Å². The average molecular weight is 380 g/mol. The zero-order chi connectivity index (χ0) is 20.1. The van der Waals surface area contributed by atoms with Crippen LogP contribution in [0.1, 0.15) is 23.1 Å². The summed E-state index contributed by atoms with van der Waals surface area (Å²) in [6, 6.07) is 11.6. The Bertz CT molecular complexity index is 930. The fourth-order valence-electron chi connectivity index (χ4n) is 3.02. The molecule has 0 aromatic heterocycles. The van der Waals surface area contributed by atoms with Gasteiger partial charge in [-0.1, -0.05) is 12.1 Å². The van der Waals surface area contributed by atoms with Gasteiger partial charge in [0.05, 0.1) is 21.3 Å². The zero-order valence-electron chi connectivity index (χ0n) is 16.5. The molecular formula is C22H24N2O4. The second kappa shape index (κ2) is 8.61. The number of ether oxygens (including phenoxy) is 3. The number of carbonyl (C=O) groups is 1. The molecule has 1 aliphatic rings. The highest BCUT2D eigenvalue weighted by atomic mass is 16.5. The maximum absolute atomic E-state index is 12.3. The lowest BCUT2D eigenvalue weighted by molar-refractivity contribution is -0.115. The van der Waals surface area contributed by atoms with E-state index in [1.807, 2.05) is 43.3 Å². The number of hydrogen-bond acceptors (Lipinski definition) is 5. The predicted octanol–water partition coefficient (Wildman–Crippen LogP) is 3.52. The van der Waals surface area contributed by atoms with E-state index >= 15 is 0 Å². The van der Waals surface area contributed by atoms with Gasteiger partial charge >= 0.3 is 0 Å². The minimum Gasteiger partial charge on any atom is -0.497 e. The summed E-state index contributed by atoms with van der Waals surface area (Å²) in [5.41, 5.74) is 3.21. The van der Waals surface area contributed by atoms with E-state index in [-0.39, 0.29) is 5.91 Å². The van der Waals surface area contributed by atoms with Crippen molar-refractivity contribution >= 4 is 17.8 Å². The molecule has 0 unspecified atom stereocenters. The highest BCUT2D eigenvalue weighted by Crippen LogP contribution is 2.30. The Labute approximate surface area is 164 Å². The number of aliphatic imine (C=N–C) groups is 1. The van der Waals surface area contributed by atoms with Crippen LogP contribution in [0.5, 0.6) is 17.2 Å². The number of amides is 1. The van der Waals surface area contributed by atoms with E-state index in [4.69, 9.17) is 14.2 Å². The van der Waals surface area contributed by atoms with Gasteiger partial charge in [-0.3, -0.25) is 4.79 Å². The van der Waals surface area contributed by atoms with Gasteiger partial charge in [0.2, 0.25) is 0 Å². The average Bonchev–Trinajstić information content (AvgIpc) is 3.07.